The van der Waals surface area contributed by atoms with Crippen LogP contribution < -0.4 is 4.90 Å². The van der Waals surface area contributed by atoms with E-state index < -0.39 is 16.0 Å². The molecule has 0 atom stereocenters. The summed E-state index contributed by atoms with van der Waals surface area (Å²) >= 11 is 1.21. The number of nitrogens with one attached hydrogen (secondary N) is 2. The first kappa shape index (κ1) is 21.7. The highest BCUT2D eigenvalue weighted by molar-refractivity contribution is 7.91. The summed E-state index contributed by atoms with van der Waals surface area (Å²) in [5.41, 5.74) is 2.05. The molecule has 2 aromatic heterocycles. The van der Waals surface area contributed by atoms with E-state index >= 15 is 0 Å². The molecule has 8 nitrogen and oxygen atoms in total. The third-order valence-electron chi connectivity index (χ3n) is 5.13. The number of aromatic nitrogens is 1. The molecule has 0 bridgehead atoms. The minimum atomic E-state index is -3.45. The summed E-state index contributed by atoms with van der Waals surface area (Å²) in [4.78, 5) is 29.0. The van der Waals surface area contributed by atoms with Gasteiger partial charge in [-0.05, 0) is 37.8 Å². The van der Waals surface area contributed by atoms with Crippen molar-refractivity contribution in [1.29, 1.82) is 0 Å². The molecule has 3 rings (SSSR count). The number of thiophene rings is 1. The Bertz CT molecular complexity index is 987. The number of piperazine rings is 1. The molecule has 2 N–H and O–H groups in total. The first-order chi connectivity index (χ1) is 13.8. The van der Waals surface area contributed by atoms with E-state index in [0.29, 0.717) is 52.9 Å². The number of quaternary nitrogens is 1. The van der Waals surface area contributed by atoms with E-state index in [2.05, 4.69) is 4.98 Å². The number of aryl methyl sites for hydroxylation is 1. The molecule has 3 heterocycles. The van der Waals surface area contributed by atoms with Crippen LogP contribution in [0.2, 0.25) is 0 Å². The Balaban J connectivity index is 1.63. The van der Waals surface area contributed by atoms with Crippen molar-refractivity contribution < 1.29 is 27.6 Å². The Morgan fingerprint density at radius 1 is 1.28 bits per heavy atom. The summed E-state index contributed by atoms with van der Waals surface area (Å²) in [6, 6.07) is 3.34. The van der Waals surface area contributed by atoms with Crippen LogP contribution in [-0.4, -0.2) is 68.8 Å². The van der Waals surface area contributed by atoms with Crippen molar-refractivity contribution in [2.75, 3.05) is 39.3 Å². The largest absolute Gasteiger partial charge is 0.462 e. The Morgan fingerprint density at radius 2 is 1.97 bits per heavy atom. The van der Waals surface area contributed by atoms with Crippen molar-refractivity contribution in [2.24, 2.45) is 0 Å². The zero-order valence-corrected chi connectivity index (χ0v) is 18.4. The van der Waals surface area contributed by atoms with Crippen LogP contribution in [0.25, 0.3) is 0 Å². The van der Waals surface area contributed by atoms with Crippen LogP contribution in [0.15, 0.2) is 21.7 Å². The maximum atomic E-state index is 12.8. The molecule has 1 fully saturated rings. The van der Waals surface area contributed by atoms with E-state index in [0.717, 1.165) is 4.90 Å². The number of ether oxygens (including phenoxy) is 1. The number of hydrogen-bond donors (Lipinski definition) is 2. The topological polar surface area (TPSA) is 101 Å². The second-order valence-corrected chi connectivity index (χ2v) is 10.1. The molecule has 2 aromatic rings. The molecule has 0 aromatic carbocycles. The quantitative estimate of drug-likeness (QED) is 0.486. The van der Waals surface area contributed by atoms with Gasteiger partial charge >= 0.3 is 5.97 Å². The van der Waals surface area contributed by atoms with Crippen LogP contribution in [-0.2, 0) is 14.8 Å². The lowest BCUT2D eigenvalue weighted by atomic mass is 10.1. The van der Waals surface area contributed by atoms with E-state index in [-0.39, 0.29) is 18.9 Å². The zero-order valence-electron chi connectivity index (χ0n) is 16.8. The van der Waals surface area contributed by atoms with Crippen molar-refractivity contribution in [3.8, 4) is 0 Å². The van der Waals surface area contributed by atoms with Gasteiger partial charge in [-0.15, -0.1) is 11.3 Å². The lowest BCUT2D eigenvalue weighted by Gasteiger charge is -2.30. The highest BCUT2D eigenvalue weighted by atomic mass is 32.2. The molecule has 1 aliphatic heterocycles. The summed E-state index contributed by atoms with van der Waals surface area (Å²) in [5.74, 6) is -0.525. The molecule has 1 saturated heterocycles. The fourth-order valence-electron chi connectivity index (χ4n) is 3.61. The van der Waals surface area contributed by atoms with Gasteiger partial charge < -0.3 is 14.6 Å². The van der Waals surface area contributed by atoms with Crippen molar-refractivity contribution in [3.63, 3.8) is 0 Å². The Labute approximate surface area is 174 Å². The van der Waals surface area contributed by atoms with E-state index in [1.54, 1.807) is 38.3 Å². The minimum absolute atomic E-state index is 0.0919. The number of carbonyl (C=O) groups excluding carboxylic acids is 2. The average molecular weight is 441 g/mol. The molecule has 0 unspecified atom stereocenters. The number of rotatable bonds is 7. The van der Waals surface area contributed by atoms with Gasteiger partial charge in [0.05, 0.1) is 44.0 Å². The third-order valence-corrected chi connectivity index (χ3v) is 8.40. The fourth-order valence-corrected chi connectivity index (χ4v) is 6.20. The molecule has 0 amide bonds. The summed E-state index contributed by atoms with van der Waals surface area (Å²) in [5, 5.41) is 1.75. The SMILES string of the molecule is CCOC(=O)c1c(C)[nH]c(C(=O)C[NH+]2CCN(S(=O)(=O)c3cccs3)CC2)c1C. The summed E-state index contributed by atoms with van der Waals surface area (Å²) < 4.78 is 32.1. The standard InChI is InChI=1S/C19H25N3O5S2/c1-4-27-19(24)17-13(2)18(20-14(17)3)15(23)12-21-7-9-22(10-8-21)29(25,26)16-6-5-11-28-16/h5-6,11,20H,4,7-10,12H2,1-3H3/p+1. The maximum absolute atomic E-state index is 12.8. The average Bonchev–Trinajstić information content (AvgIpc) is 3.31. The maximum Gasteiger partial charge on any atom is 0.340 e. The Hall–Kier alpha value is -2.01. The minimum Gasteiger partial charge on any atom is -0.462 e. The number of nitrogens with zero attached hydrogens (tertiary/aromatic N) is 1. The molecule has 158 valence electrons. The normalized spacial score (nSPS) is 16.1. The van der Waals surface area contributed by atoms with Crippen molar-refractivity contribution in [1.82, 2.24) is 9.29 Å². The number of sulfonamides is 1. The smallest absolute Gasteiger partial charge is 0.340 e. The molecule has 29 heavy (non-hydrogen) atoms. The molecule has 0 spiro atoms. The molecule has 10 heteroatoms. The monoisotopic (exact) mass is 440 g/mol. The lowest BCUT2D eigenvalue weighted by Crippen LogP contribution is -3.15. The van der Waals surface area contributed by atoms with Crippen molar-refractivity contribution in [2.45, 2.75) is 25.0 Å². The highest BCUT2D eigenvalue weighted by Crippen LogP contribution is 2.21. The van der Waals surface area contributed by atoms with E-state index in [1.165, 1.54) is 15.6 Å². The van der Waals surface area contributed by atoms with E-state index in [9.17, 15) is 18.0 Å². The van der Waals surface area contributed by atoms with Gasteiger partial charge in [0, 0.05) is 5.69 Å². The Kier molecular flexibility index (Phi) is 6.57. The number of aromatic amines is 1. The predicted octanol–water partition coefficient (Wildman–Crippen LogP) is 0.642. The van der Waals surface area contributed by atoms with Gasteiger partial charge in [-0.25, -0.2) is 13.2 Å². The van der Waals surface area contributed by atoms with Gasteiger partial charge in [-0.1, -0.05) is 6.07 Å². The number of Topliss-reactive ketones (excluding diaryl/α,β-unsaturated/α-hetero) is 1. The van der Waals surface area contributed by atoms with Crippen LogP contribution in [0.4, 0.5) is 0 Å². The van der Waals surface area contributed by atoms with Gasteiger partial charge in [0.15, 0.2) is 0 Å². The van der Waals surface area contributed by atoms with Crippen LogP contribution in [0.5, 0.6) is 0 Å². The van der Waals surface area contributed by atoms with Gasteiger partial charge in [0.1, 0.15) is 10.8 Å². The number of H-pyrrole nitrogens is 1. The number of carbonyl (C=O) groups is 2. The van der Waals surface area contributed by atoms with Crippen LogP contribution in [0, 0.1) is 13.8 Å². The van der Waals surface area contributed by atoms with Crippen LogP contribution in [0.3, 0.4) is 0 Å². The number of ketones is 1. The number of esters is 1. The second kappa shape index (κ2) is 8.78. The Morgan fingerprint density at radius 3 is 2.55 bits per heavy atom. The van der Waals surface area contributed by atoms with Crippen molar-refractivity contribution in [3.05, 3.63) is 40.0 Å². The van der Waals surface area contributed by atoms with E-state index in [4.69, 9.17) is 4.74 Å². The highest BCUT2D eigenvalue weighted by Gasteiger charge is 2.32. The first-order valence-corrected chi connectivity index (χ1v) is 11.8. The molecule has 1 aliphatic rings. The molecular weight excluding hydrogens is 414 g/mol. The van der Waals surface area contributed by atoms with E-state index in [1.807, 2.05) is 0 Å². The molecule has 0 radical (unpaired) electrons. The zero-order chi connectivity index (χ0) is 21.2. The summed E-state index contributed by atoms with van der Waals surface area (Å²) in [6.45, 7) is 7.60. The van der Waals surface area contributed by atoms with Gasteiger partial charge in [0.2, 0.25) is 5.78 Å². The van der Waals surface area contributed by atoms with Crippen molar-refractivity contribution >= 4 is 33.1 Å². The lowest BCUT2D eigenvalue weighted by molar-refractivity contribution is -0.895. The third kappa shape index (κ3) is 4.45. The fraction of sp³-hybridized carbons (Fsp3) is 0.474. The summed E-state index contributed by atoms with van der Waals surface area (Å²) in [6.07, 6.45) is 0. The molecule has 0 aliphatic carbocycles. The first-order valence-electron chi connectivity index (χ1n) is 9.52. The van der Waals surface area contributed by atoms with Gasteiger partial charge in [-0.2, -0.15) is 4.31 Å². The summed E-state index contributed by atoms with van der Waals surface area (Å²) in [7, 11) is -3.45. The number of hydrogen-bond acceptors (Lipinski definition) is 6. The van der Waals surface area contributed by atoms with Crippen LogP contribution >= 0.6 is 11.3 Å². The van der Waals surface area contributed by atoms with Gasteiger partial charge in [0.25, 0.3) is 10.0 Å². The second-order valence-electron chi connectivity index (χ2n) is 7.03. The van der Waals surface area contributed by atoms with Gasteiger partial charge in [-0.3, -0.25) is 4.79 Å². The molecular formula is C19H26N3O5S2+. The molecule has 0 saturated carbocycles. The predicted molar refractivity (Wildman–Crippen MR) is 109 cm³/mol. The van der Waals surface area contributed by atoms with Crippen LogP contribution in [0.1, 0.15) is 39.0 Å².